The second kappa shape index (κ2) is 7.02. The maximum atomic E-state index is 13.1. The van der Waals surface area contributed by atoms with Gasteiger partial charge in [-0.3, -0.25) is 0 Å². The summed E-state index contributed by atoms with van der Waals surface area (Å²) in [7, 11) is 0. The van der Waals surface area contributed by atoms with Gasteiger partial charge in [0.05, 0.1) is 24.9 Å². The van der Waals surface area contributed by atoms with E-state index in [-0.39, 0.29) is 11.9 Å². The van der Waals surface area contributed by atoms with Crippen molar-refractivity contribution >= 4 is 11.8 Å². The van der Waals surface area contributed by atoms with E-state index in [4.69, 9.17) is 9.26 Å². The van der Waals surface area contributed by atoms with Crippen molar-refractivity contribution < 1.29 is 13.7 Å². The highest BCUT2D eigenvalue weighted by Gasteiger charge is 2.17. The summed E-state index contributed by atoms with van der Waals surface area (Å²) >= 11 is 1.48. The van der Waals surface area contributed by atoms with Crippen LogP contribution in [0.5, 0.6) is 0 Å². The standard InChI is InChI=1S/C14H16FN3O2S/c15-10-2-1-3-12(6-10)21-9-13-17-14(20-18-13)7-11-8-16-4-5-19-11/h1-3,6,11,16H,4-5,7-9H2. The van der Waals surface area contributed by atoms with Crippen LogP contribution in [0.15, 0.2) is 33.7 Å². The van der Waals surface area contributed by atoms with Gasteiger partial charge in [-0.2, -0.15) is 4.98 Å². The Kier molecular flexibility index (Phi) is 4.84. The summed E-state index contributed by atoms with van der Waals surface area (Å²) in [5.74, 6) is 1.51. The summed E-state index contributed by atoms with van der Waals surface area (Å²) < 4.78 is 23.9. The second-order valence-corrected chi connectivity index (χ2v) is 5.80. The van der Waals surface area contributed by atoms with Crippen LogP contribution < -0.4 is 5.32 Å². The molecule has 0 radical (unpaired) electrons. The van der Waals surface area contributed by atoms with Gasteiger partial charge in [-0.15, -0.1) is 11.8 Å². The van der Waals surface area contributed by atoms with E-state index in [1.165, 1.54) is 23.9 Å². The molecule has 1 saturated heterocycles. The molecule has 1 atom stereocenters. The molecule has 0 aliphatic carbocycles. The van der Waals surface area contributed by atoms with E-state index in [0.29, 0.717) is 30.5 Å². The molecule has 5 nitrogen and oxygen atoms in total. The lowest BCUT2D eigenvalue weighted by Gasteiger charge is -2.21. The Balaban J connectivity index is 1.52. The maximum absolute atomic E-state index is 13.1. The predicted octanol–water partition coefficient (Wildman–Crippen LogP) is 2.03. The summed E-state index contributed by atoms with van der Waals surface area (Å²) in [5, 5.41) is 7.20. The lowest BCUT2D eigenvalue weighted by Crippen LogP contribution is -2.39. The first-order valence-corrected chi connectivity index (χ1v) is 7.80. The Labute approximate surface area is 126 Å². The molecule has 0 spiro atoms. The van der Waals surface area contributed by atoms with Crippen LogP contribution in [0, 0.1) is 5.82 Å². The average molecular weight is 309 g/mol. The Bertz CT molecular complexity index is 587. The number of aromatic nitrogens is 2. The van der Waals surface area contributed by atoms with Crippen LogP contribution in [-0.4, -0.2) is 35.9 Å². The number of hydrogen-bond acceptors (Lipinski definition) is 6. The molecule has 2 aromatic rings. The zero-order chi connectivity index (χ0) is 14.5. The molecule has 3 rings (SSSR count). The van der Waals surface area contributed by atoms with Gasteiger partial charge in [-0.25, -0.2) is 4.39 Å². The Morgan fingerprint density at radius 3 is 3.19 bits per heavy atom. The van der Waals surface area contributed by atoms with Crippen molar-refractivity contribution in [3.05, 3.63) is 41.8 Å². The van der Waals surface area contributed by atoms with Crippen molar-refractivity contribution in [2.45, 2.75) is 23.2 Å². The van der Waals surface area contributed by atoms with Gasteiger partial charge in [0.25, 0.3) is 0 Å². The van der Waals surface area contributed by atoms with Gasteiger partial charge in [0.15, 0.2) is 5.82 Å². The molecule has 1 aliphatic heterocycles. The first-order valence-electron chi connectivity index (χ1n) is 6.82. The van der Waals surface area contributed by atoms with Crippen molar-refractivity contribution in [3.8, 4) is 0 Å². The number of morpholine rings is 1. The van der Waals surface area contributed by atoms with Crippen LogP contribution in [0.1, 0.15) is 11.7 Å². The number of halogens is 1. The van der Waals surface area contributed by atoms with Crippen molar-refractivity contribution in [1.29, 1.82) is 0 Å². The maximum Gasteiger partial charge on any atom is 0.229 e. The third-order valence-electron chi connectivity index (χ3n) is 3.08. The normalized spacial score (nSPS) is 18.8. The first kappa shape index (κ1) is 14.5. The zero-order valence-corrected chi connectivity index (χ0v) is 12.2. The van der Waals surface area contributed by atoms with E-state index in [2.05, 4.69) is 15.5 Å². The number of hydrogen-bond donors (Lipinski definition) is 1. The molecule has 1 aromatic carbocycles. The fourth-order valence-corrected chi connectivity index (χ4v) is 2.87. The highest BCUT2D eigenvalue weighted by Crippen LogP contribution is 2.22. The Morgan fingerprint density at radius 2 is 2.38 bits per heavy atom. The Morgan fingerprint density at radius 1 is 1.43 bits per heavy atom. The minimum atomic E-state index is -0.240. The molecule has 0 saturated carbocycles. The number of nitrogens with zero attached hydrogens (tertiary/aromatic N) is 2. The second-order valence-electron chi connectivity index (χ2n) is 4.75. The highest BCUT2D eigenvalue weighted by atomic mass is 32.2. The molecule has 112 valence electrons. The molecule has 0 amide bonds. The van der Waals surface area contributed by atoms with E-state index >= 15 is 0 Å². The van der Waals surface area contributed by atoms with Crippen molar-refractivity contribution in [2.24, 2.45) is 0 Å². The van der Waals surface area contributed by atoms with E-state index in [9.17, 15) is 4.39 Å². The van der Waals surface area contributed by atoms with Gasteiger partial charge in [-0.1, -0.05) is 11.2 Å². The molecular formula is C14H16FN3O2S. The van der Waals surface area contributed by atoms with E-state index in [0.717, 1.165) is 18.0 Å². The van der Waals surface area contributed by atoms with Gasteiger partial charge in [-0.05, 0) is 18.2 Å². The van der Waals surface area contributed by atoms with Crippen LogP contribution in [0.3, 0.4) is 0 Å². The third-order valence-corrected chi connectivity index (χ3v) is 4.07. The predicted molar refractivity (Wildman–Crippen MR) is 76.6 cm³/mol. The summed E-state index contributed by atoms with van der Waals surface area (Å²) in [5.41, 5.74) is 0. The van der Waals surface area contributed by atoms with Gasteiger partial charge in [0, 0.05) is 18.0 Å². The average Bonchev–Trinajstić information content (AvgIpc) is 2.94. The number of ether oxygens (including phenoxy) is 1. The summed E-state index contributed by atoms with van der Waals surface area (Å²) in [6.07, 6.45) is 0.702. The fraction of sp³-hybridized carbons (Fsp3) is 0.429. The monoisotopic (exact) mass is 309 g/mol. The number of thioether (sulfide) groups is 1. The molecule has 21 heavy (non-hydrogen) atoms. The van der Waals surface area contributed by atoms with Gasteiger partial charge < -0.3 is 14.6 Å². The molecular weight excluding hydrogens is 293 g/mol. The molecule has 2 heterocycles. The van der Waals surface area contributed by atoms with E-state index in [1.54, 1.807) is 6.07 Å². The topological polar surface area (TPSA) is 60.2 Å². The number of benzene rings is 1. The Hall–Kier alpha value is -1.44. The quantitative estimate of drug-likeness (QED) is 0.853. The SMILES string of the molecule is Fc1cccc(SCc2noc(CC3CNCCO3)n2)c1. The van der Waals surface area contributed by atoms with Crippen LogP contribution in [0.2, 0.25) is 0 Å². The zero-order valence-electron chi connectivity index (χ0n) is 11.4. The van der Waals surface area contributed by atoms with Crippen LogP contribution >= 0.6 is 11.8 Å². The summed E-state index contributed by atoms with van der Waals surface area (Å²) in [6, 6.07) is 6.46. The van der Waals surface area contributed by atoms with Crippen LogP contribution in [0.25, 0.3) is 0 Å². The highest BCUT2D eigenvalue weighted by molar-refractivity contribution is 7.98. The fourth-order valence-electron chi connectivity index (χ4n) is 2.08. The minimum absolute atomic E-state index is 0.0860. The van der Waals surface area contributed by atoms with E-state index < -0.39 is 0 Å². The molecule has 1 unspecified atom stereocenters. The largest absolute Gasteiger partial charge is 0.375 e. The third kappa shape index (κ3) is 4.26. The summed E-state index contributed by atoms with van der Waals surface area (Å²) in [6.45, 7) is 2.40. The van der Waals surface area contributed by atoms with Gasteiger partial charge >= 0.3 is 0 Å². The summed E-state index contributed by atoms with van der Waals surface area (Å²) in [4.78, 5) is 5.19. The molecule has 1 fully saturated rings. The molecule has 1 aromatic heterocycles. The van der Waals surface area contributed by atoms with Crippen LogP contribution in [-0.2, 0) is 16.9 Å². The van der Waals surface area contributed by atoms with Crippen molar-refractivity contribution in [1.82, 2.24) is 15.5 Å². The lowest BCUT2D eigenvalue weighted by molar-refractivity contribution is 0.0246. The van der Waals surface area contributed by atoms with Crippen molar-refractivity contribution in [2.75, 3.05) is 19.7 Å². The number of rotatable bonds is 5. The molecule has 7 heteroatoms. The minimum Gasteiger partial charge on any atom is -0.375 e. The molecule has 1 N–H and O–H groups in total. The lowest BCUT2D eigenvalue weighted by atomic mass is 10.2. The van der Waals surface area contributed by atoms with Crippen LogP contribution in [0.4, 0.5) is 4.39 Å². The molecule has 0 bridgehead atoms. The number of nitrogens with one attached hydrogen (secondary N) is 1. The van der Waals surface area contributed by atoms with E-state index in [1.807, 2.05) is 6.07 Å². The van der Waals surface area contributed by atoms with Gasteiger partial charge in [0.1, 0.15) is 5.82 Å². The first-order chi connectivity index (χ1) is 10.3. The molecule has 1 aliphatic rings. The van der Waals surface area contributed by atoms with Gasteiger partial charge in [0.2, 0.25) is 5.89 Å². The smallest absolute Gasteiger partial charge is 0.229 e. The van der Waals surface area contributed by atoms with Crippen molar-refractivity contribution in [3.63, 3.8) is 0 Å².